The standard InChI is InChI=1S/C16H22Cl2N2O/c1-11-5-3-4-8-20(11)10-16(21)19-12(2)14-7-6-13(17)9-15(14)18/h6-7,9,11-12H,3-5,8,10H2,1-2H3,(H,19,21)/p+1/t11-,12+/m1/s1. The Balaban J connectivity index is 1.92. The summed E-state index contributed by atoms with van der Waals surface area (Å²) in [5.41, 5.74) is 0.899. The van der Waals surface area contributed by atoms with Gasteiger partial charge in [-0.25, -0.2) is 0 Å². The number of hydrogen-bond acceptors (Lipinski definition) is 1. The Morgan fingerprint density at radius 3 is 2.86 bits per heavy atom. The minimum Gasteiger partial charge on any atom is -0.345 e. The molecule has 0 aliphatic carbocycles. The van der Waals surface area contributed by atoms with Gasteiger partial charge in [-0.2, -0.15) is 0 Å². The van der Waals surface area contributed by atoms with Crippen LogP contribution in [0.25, 0.3) is 0 Å². The lowest BCUT2D eigenvalue weighted by Crippen LogP contribution is -3.17. The summed E-state index contributed by atoms with van der Waals surface area (Å²) in [5, 5.41) is 4.23. The second-order valence-corrected chi connectivity index (χ2v) is 6.78. The molecule has 0 spiro atoms. The lowest BCUT2D eigenvalue weighted by atomic mass is 10.0. The quantitative estimate of drug-likeness (QED) is 0.874. The van der Waals surface area contributed by atoms with Crippen molar-refractivity contribution in [2.75, 3.05) is 13.1 Å². The number of benzene rings is 1. The molecule has 0 radical (unpaired) electrons. The molecule has 1 aliphatic heterocycles. The number of hydrogen-bond donors (Lipinski definition) is 2. The molecule has 0 aromatic heterocycles. The van der Waals surface area contributed by atoms with Gasteiger partial charge in [0.25, 0.3) is 5.91 Å². The average molecular weight is 330 g/mol. The number of rotatable bonds is 4. The van der Waals surface area contributed by atoms with Crippen LogP contribution in [0.4, 0.5) is 0 Å². The SMILES string of the molecule is C[C@H](NC(=O)C[NH+]1CCCC[C@H]1C)c1ccc(Cl)cc1Cl. The van der Waals surface area contributed by atoms with Crippen LogP contribution in [0, 0.1) is 0 Å². The number of quaternary nitrogens is 1. The Bertz CT molecular complexity index is 507. The molecular formula is C16H23Cl2N2O+. The Labute approximate surface area is 136 Å². The first-order valence-corrected chi connectivity index (χ1v) is 8.32. The first-order valence-electron chi connectivity index (χ1n) is 7.56. The van der Waals surface area contributed by atoms with Crippen molar-refractivity contribution in [1.82, 2.24) is 5.32 Å². The maximum absolute atomic E-state index is 12.2. The zero-order chi connectivity index (χ0) is 15.4. The van der Waals surface area contributed by atoms with Gasteiger partial charge in [-0.15, -0.1) is 0 Å². The molecule has 21 heavy (non-hydrogen) atoms. The van der Waals surface area contributed by atoms with E-state index in [4.69, 9.17) is 23.2 Å². The van der Waals surface area contributed by atoms with Gasteiger partial charge in [-0.3, -0.25) is 4.79 Å². The van der Waals surface area contributed by atoms with E-state index in [1.807, 2.05) is 13.0 Å². The van der Waals surface area contributed by atoms with E-state index in [-0.39, 0.29) is 11.9 Å². The molecule has 1 amide bonds. The largest absolute Gasteiger partial charge is 0.345 e. The van der Waals surface area contributed by atoms with E-state index >= 15 is 0 Å². The number of carbonyl (C=O) groups excluding carboxylic acids is 1. The Morgan fingerprint density at radius 1 is 1.43 bits per heavy atom. The first-order chi connectivity index (χ1) is 9.97. The molecular weight excluding hydrogens is 307 g/mol. The van der Waals surface area contributed by atoms with Crippen LogP contribution in [0.3, 0.4) is 0 Å². The lowest BCUT2D eigenvalue weighted by Gasteiger charge is -2.30. The van der Waals surface area contributed by atoms with E-state index in [0.717, 1.165) is 12.1 Å². The molecule has 0 saturated carbocycles. The van der Waals surface area contributed by atoms with E-state index in [1.165, 1.54) is 24.2 Å². The van der Waals surface area contributed by atoms with Gasteiger partial charge in [0.05, 0.1) is 18.6 Å². The summed E-state index contributed by atoms with van der Waals surface area (Å²) in [5.74, 6) is 0.0808. The van der Waals surface area contributed by atoms with Crippen LogP contribution in [0.1, 0.15) is 44.7 Å². The molecule has 2 rings (SSSR count). The third kappa shape index (κ3) is 4.60. The molecule has 1 aliphatic rings. The van der Waals surface area contributed by atoms with E-state index in [2.05, 4.69) is 12.2 Å². The van der Waals surface area contributed by atoms with Gasteiger partial charge in [-0.1, -0.05) is 29.3 Å². The highest BCUT2D eigenvalue weighted by atomic mass is 35.5. The van der Waals surface area contributed by atoms with Crippen molar-refractivity contribution in [2.45, 2.75) is 45.2 Å². The van der Waals surface area contributed by atoms with Gasteiger partial charge in [0.1, 0.15) is 0 Å². The fraction of sp³-hybridized carbons (Fsp3) is 0.562. The summed E-state index contributed by atoms with van der Waals surface area (Å²) in [6.45, 7) is 5.80. The van der Waals surface area contributed by atoms with E-state index < -0.39 is 0 Å². The van der Waals surface area contributed by atoms with Crippen LogP contribution < -0.4 is 10.2 Å². The monoisotopic (exact) mass is 329 g/mol. The van der Waals surface area contributed by atoms with Gasteiger partial charge in [-0.05, 0) is 50.8 Å². The Hall–Kier alpha value is -0.770. The van der Waals surface area contributed by atoms with E-state index in [9.17, 15) is 4.79 Å². The van der Waals surface area contributed by atoms with Crippen molar-refractivity contribution in [2.24, 2.45) is 0 Å². The zero-order valence-corrected chi connectivity index (χ0v) is 14.1. The van der Waals surface area contributed by atoms with Crippen LogP contribution in [-0.2, 0) is 4.79 Å². The van der Waals surface area contributed by atoms with Crippen molar-refractivity contribution < 1.29 is 9.69 Å². The van der Waals surface area contributed by atoms with E-state index in [1.54, 1.807) is 12.1 Å². The second-order valence-electron chi connectivity index (χ2n) is 5.94. The predicted octanol–water partition coefficient (Wildman–Crippen LogP) is 2.63. The van der Waals surface area contributed by atoms with Crippen molar-refractivity contribution in [1.29, 1.82) is 0 Å². The van der Waals surface area contributed by atoms with Crippen LogP contribution >= 0.6 is 23.2 Å². The minimum atomic E-state index is -0.109. The third-order valence-corrected chi connectivity index (χ3v) is 4.84. The van der Waals surface area contributed by atoms with Gasteiger partial charge in [0.2, 0.25) is 0 Å². The van der Waals surface area contributed by atoms with Gasteiger partial charge >= 0.3 is 0 Å². The van der Waals surface area contributed by atoms with Crippen molar-refractivity contribution in [3.05, 3.63) is 33.8 Å². The minimum absolute atomic E-state index is 0.0808. The van der Waals surface area contributed by atoms with Crippen molar-refractivity contribution in [3.8, 4) is 0 Å². The van der Waals surface area contributed by atoms with Gasteiger partial charge in [0.15, 0.2) is 6.54 Å². The highest BCUT2D eigenvalue weighted by Crippen LogP contribution is 2.25. The first kappa shape index (κ1) is 16.6. The number of amides is 1. The van der Waals surface area contributed by atoms with Crippen LogP contribution in [0.2, 0.25) is 10.0 Å². The van der Waals surface area contributed by atoms with Crippen molar-refractivity contribution >= 4 is 29.1 Å². The topological polar surface area (TPSA) is 33.5 Å². The van der Waals surface area contributed by atoms with Gasteiger partial charge in [0, 0.05) is 10.0 Å². The summed E-state index contributed by atoms with van der Waals surface area (Å²) in [7, 11) is 0. The summed E-state index contributed by atoms with van der Waals surface area (Å²) in [6.07, 6.45) is 3.70. The molecule has 0 bridgehead atoms. The molecule has 1 aromatic carbocycles. The molecule has 1 saturated heterocycles. The lowest BCUT2D eigenvalue weighted by molar-refractivity contribution is -0.921. The molecule has 3 nitrogen and oxygen atoms in total. The number of nitrogens with one attached hydrogen (secondary N) is 2. The molecule has 1 fully saturated rings. The average Bonchev–Trinajstić information content (AvgIpc) is 2.41. The summed E-state index contributed by atoms with van der Waals surface area (Å²) in [4.78, 5) is 13.6. The number of carbonyl (C=O) groups is 1. The molecule has 3 atom stereocenters. The van der Waals surface area contributed by atoms with Crippen LogP contribution in [-0.4, -0.2) is 25.0 Å². The fourth-order valence-electron chi connectivity index (χ4n) is 2.94. The molecule has 2 N–H and O–H groups in total. The van der Waals surface area contributed by atoms with Crippen molar-refractivity contribution in [3.63, 3.8) is 0 Å². The Morgan fingerprint density at radius 2 is 2.19 bits per heavy atom. The molecule has 5 heteroatoms. The Kier molecular flexibility index (Phi) is 5.91. The highest BCUT2D eigenvalue weighted by molar-refractivity contribution is 6.35. The molecule has 1 aromatic rings. The number of likely N-dealkylation sites (tertiary alicyclic amines) is 1. The maximum Gasteiger partial charge on any atom is 0.275 e. The third-order valence-electron chi connectivity index (χ3n) is 4.28. The molecule has 1 heterocycles. The normalized spacial score (nSPS) is 23.6. The molecule has 1 unspecified atom stereocenters. The van der Waals surface area contributed by atoms with Crippen LogP contribution in [0.15, 0.2) is 18.2 Å². The highest BCUT2D eigenvalue weighted by Gasteiger charge is 2.25. The van der Waals surface area contributed by atoms with Crippen LogP contribution in [0.5, 0.6) is 0 Å². The number of piperidine rings is 1. The maximum atomic E-state index is 12.2. The smallest absolute Gasteiger partial charge is 0.275 e. The summed E-state index contributed by atoms with van der Waals surface area (Å²) < 4.78 is 0. The zero-order valence-electron chi connectivity index (χ0n) is 12.6. The summed E-state index contributed by atoms with van der Waals surface area (Å²) >= 11 is 12.1. The molecule has 116 valence electrons. The fourth-order valence-corrected chi connectivity index (χ4v) is 3.52. The van der Waals surface area contributed by atoms with E-state index in [0.29, 0.717) is 22.6 Å². The summed E-state index contributed by atoms with van der Waals surface area (Å²) in [6, 6.07) is 5.83. The van der Waals surface area contributed by atoms with Gasteiger partial charge < -0.3 is 10.2 Å². The number of halogens is 2. The second kappa shape index (κ2) is 7.48. The predicted molar refractivity (Wildman–Crippen MR) is 87.0 cm³/mol.